The SMILES string of the molecule is CCC(CCOc1ccc(C(=C2CC(C)(C)CC(C)(C)C2)c2ccc(F)cc2)cc1)C(=O)O. The van der Waals surface area contributed by atoms with Crippen molar-refractivity contribution in [3.63, 3.8) is 0 Å². The average Bonchev–Trinajstić information content (AvgIpc) is 2.71. The number of carbonyl (C=O) groups is 1. The second-order valence-corrected chi connectivity index (χ2v) is 10.9. The van der Waals surface area contributed by atoms with E-state index in [1.807, 2.05) is 31.2 Å². The van der Waals surface area contributed by atoms with Gasteiger partial charge in [-0.1, -0.05) is 64.5 Å². The molecule has 1 N–H and O–H groups in total. The van der Waals surface area contributed by atoms with Gasteiger partial charge in [-0.2, -0.15) is 0 Å². The van der Waals surface area contributed by atoms with E-state index < -0.39 is 5.97 Å². The van der Waals surface area contributed by atoms with Crippen LogP contribution in [-0.4, -0.2) is 17.7 Å². The van der Waals surface area contributed by atoms with Crippen LogP contribution in [0.15, 0.2) is 54.1 Å². The van der Waals surface area contributed by atoms with Crippen LogP contribution in [0.2, 0.25) is 0 Å². The predicted molar refractivity (Wildman–Crippen MR) is 132 cm³/mol. The number of aliphatic carboxylic acids is 1. The van der Waals surface area contributed by atoms with Crippen LogP contribution < -0.4 is 4.74 Å². The molecular weight excluding hydrogens is 415 g/mol. The zero-order chi connectivity index (χ0) is 24.2. The van der Waals surface area contributed by atoms with Gasteiger partial charge in [0.05, 0.1) is 12.5 Å². The molecule has 3 rings (SSSR count). The van der Waals surface area contributed by atoms with Gasteiger partial charge in [0.15, 0.2) is 0 Å². The number of hydrogen-bond acceptors (Lipinski definition) is 2. The van der Waals surface area contributed by atoms with Crippen molar-refractivity contribution in [1.29, 1.82) is 0 Å². The highest BCUT2D eigenvalue weighted by atomic mass is 19.1. The fraction of sp³-hybridized carbons (Fsp3) is 0.483. The average molecular weight is 453 g/mol. The van der Waals surface area contributed by atoms with Gasteiger partial charge in [-0.05, 0) is 83.9 Å². The van der Waals surface area contributed by atoms with E-state index in [0.717, 1.165) is 29.7 Å². The van der Waals surface area contributed by atoms with E-state index in [4.69, 9.17) is 4.74 Å². The van der Waals surface area contributed by atoms with E-state index in [1.54, 1.807) is 0 Å². The molecule has 0 aliphatic heterocycles. The zero-order valence-corrected chi connectivity index (χ0v) is 20.6. The second-order valence-electron chi connectivity index (χ2n) is 10.9. The summed E-state index contributed by atoms with van der Waals surface area (Å²) in [5.41, 5.74) is 5.11. The molecule has 1 aliphatic rings. The molecule has 0 spiro atoms. The van der Waals surface area contributed by atoms with Crippen LogP contribution in [0, 0.1) is 22.6 Å². The Balaban J connectivity index is 1.90. The standard InChI is InChI=1S/C29H37FO3/c1-6-20(27(31)32)15-16-33-25-13-9-22(10-14-25)26(21-7-11-24(30)12-8-21)23-17-28(2,3)19-29(4,5)18-23/h7-14,20H,6,15-19H2,1-5H3,(H,31,32). The number of carboxylic acids is 1. The van der Waals surface area contributed by atoms with Crippen molar-refractivity contribution in [2.45, 2.75) is 66.7 Å². The number of allylic oxidation sites excluding steroid dienone is 1. The van der Waals surface area contributed by atoms with Crippen LogP contribution >= 0.6 is 0 Å². The summed E-state index contributed by atoms with van der Waals surface area (Å²) in [5.74, 6) is -0.655. The minimum atomic E-state index is -0.773. The van der Waals surface area contributed by atoms with Gasteiger partial charge in [0, 0.05) is 0 Å². The number of halogens is 1. The molecule has 33 heavy (non-hydrogen) atoms. The topological polar surface area (TPSA) is 46.5 Å². The molecule has 0 amide bonds. The highest BCUT2D eigenvalue weighted by Gasteiger charge is 2.37. The van der Waals surface area contributed by atoms with Crippen molar-refractivity contribution in [3.05, 3.63) is 71.0 Å². The van der Waals surface area contributed by atoms with E-state index in [9.17, 15) is 14.3 Å². The third-order valence-corrected chi connectivity index (χ3v) is 6.55. The van der Waals surface area contributed by atoms with Crippen molar-refractivity contribution in [1.82, 2.24) is 0 Å². The number of carboxylic acid groups (broad SMARTS) is 1. The Hall–Kier alpha value is -2.62. The van der Waals surface area contributed by atoms with Gasteiger partial charge in [0.2, 0.25) is 0 Å². The number of hydrogen-bond donors (Lipinski definition) is 1. The van der Waals surface area contributed by atoms with Gasteiger partial charge in [0.25, 0.3) is 0 Å². The molecule has 2 aromatic carbocycles. The lowest BCUT2D eigenvalue weighted by Crippen LogP contribution is -2.30. The molecule has 3 nitrogen and oxygen atoms in total. The Morgan fingerprint density at radius 2 is 1.48 bits per heavy atom. The summed E-state index contributed by atoms with van der Waals surface area (Å²) < 4.78 is 19.5. The van der Waals surface area contributed by atoms with Gasteiger partial charge in [-0.15, -0.1) is 0 Å². The van der Waals surface area contributed by atoms with E-state index in [2.05, 4.69) is 39.8 Å². The van der Waals surface area contributed by atoms with Crippen molar-refractivity contribution in [2.75, 3.05) is 6.61 Å². The minimum absolute atomic E-state index is 0.200. The van der Waals surface area contributed by atoms with Gasteiger partial charge < -0.3 is 9.84 Å². The first-order valence-electron chi connectivity index (χ1n) is 11.9. The summed E-state index contributed by atoms with van der Waals surface area (Å²) in [4.78, 5) is 11.2. The lowest BCUT2D eigenvalue weighted by atomic mass is 9.62. The molecule has 0 bridgehead atoms. The number of rotatable bonds is 8. The highest BCUT2D eigenvalue weighted by Crippen LogP contribution is 2.50. The Bertz CT molecular complexity index is 967. The van der Waals surface area contributed by atoms with Crippen LogP contribution in [-0.2, 0) is 4.79 Å². The van der Waals surface area contributed by atoms with Crippen LogP contribution in [0.4, 0.5) is 4.39 Å². The van der Waals surface area contributed by atoms with E-state index in [-0.39, 0.29) is 22.6 Å². The first kappa shape index (κ1) is 25.0. The Morgan fingerprint density at radius 1 is 0.970 bits per heavy atom. The molecule has 0 aromatic heterocycles. The summed E-state index contributed by atoms with van der Waals surface area (Å²) in [6, 6.07) is 14.8. The molecule has 1 unspecified atom stereocenters. The molecule has 0 heterocycles. The van der Waals surface area contributed by atoms with Crippen molar-refractivity contribution in [2.24, 2.45) is 16.7 Å². The lowest BCUT2D eigenvalue weighted by molar-refractivity contribution is -0.142. The fourth-order valence-electron chi connectivity index (χ4n) is 5.55. The summed E-state index contributed by atoms with van der Waals surface area (Å²) in [6.07, 6.45) is 4.27. The normalized spacial score (nSPS) is 17.9. The smallest absolute Gasteiger partial charge is 0.306 e. The van der Waals surface area contributed by atoms with Gasteiger partial charge >= 0.3 is 5.97 Å². The lowest BCUT2D eigenvalue weighted by Gasteiger charge is -2.43. The van der Waals surface area contributed by atoms with Gasteiger partial charge in [-0.25, -0.2) is 4.39 Å². The molecule has 4 heteroatoms. The fourth-order valence-corrected chi connectivity index (χ4v) is 5.55. The van der Waals surface area contributed by atoms with E-state index in [0.29, 0.717) is 19.4 Å². The van der Waals surface area contributed by atoms with Crippen LogP contribution in [0.25, 0.3) is 5.57 Å². The van der Waals surface area contributed by atoms with E-state index >= 15 is 0 Å². The van der Waals surface area contributed by atoms with Gasteiger partial charge in [-0.3, -0.25) is 4.79 Å². The molecular formula is C29H37FO3. The molecule has 178 valence electrons. The molecule has 0 radical (unpaired) electrons. The Labute approximate surface area is 197 Å². The molecule has 1 aliphatic carbocycles. The highest BCUT2D eigenvalue weighted by molar-refractivity contribution is 5.82. The molecule has 1 fully saturated rings. The Kier molecular flexibility index (Phi) is 7.66. The predicted octanol–water partition coefficient (Wildman–Crippen LogP) is 7.74. The third-order valence-electron chi connectivity index (χ3n) is 6.55. The van der Waals surface area contributed by atoms with Crippen molar-refractivity contribution < 1.29 is 19.0 Å². The zero-order valence-electron chi connectivity index (χ0n) is 20.6. The minimum Gasteiger partial charge on any atom is -0.494 e. The number of benzene rings is 2. The number of ether oxygens (including phenoxy) is 1. The molecule has 1 atom stereocenters. The molecule has 0 saturated heterocycles. The molecule has 2 aromatic rings. The van der Waals surface area contributed by atoms with Crippen LogP contribution in [0.5, 0.6) is 5.75 Å². The van der Waals surface area contributed by atoms with Crippen molar-refractivity contribution >= 4 is 11.5 Å². The molecule has 1 saturated carbocycles. The Morgan fingerprint density at radius 3 is 1.97 bits per heavy atom. The maximum absolute atomic E-state index is 13.7. The summed E-state index contributed by atoms with van der Waals surface area (Å²) in [5, 5.41) is 9.21. The third kappa shape index (κ3) is 6.69. The van der Waals surface area contributed by atoms with E-state index in [1.165, 1.54) is 29.7 Å². The van der Waals surface area contributed by atoms with Gasteiger partial charge in [0.1, 0.15) is 11.6 Å². The van der Waals surface area contributed by atoms with Crippen LogP contribution in [0.1, 0.15) is 77.8 Å². The largest absolute Gasteiger partial charge is 0.494 e. The monoisotopic (exact) mass is 452 g/mol. The first-order chi connectivity index (χ1) is 15.5. The quantitative estimate of drug-likeness (QED) is 0.445. The summed E-state index contributed by atoms with van der Waals surface area (Å²) >= 11 is 0. The first-order valence-corrected chi connectivity index (χ1v) is 11.9. The maximum atomic E-state index is 13.7. The summed E-state index contributed by atoms with van der Waals surface area (Å²) in [6.45, 7) is 11.6. The second kappa shape index (κ2) is 10.1. The van der Waals surface area contributed by atoms with Crippen LogP contribution in [0.3, 0.4) is 0 Å². The summed E-state index contributed by atoms with van der Waals surface area (Å²) in [7, 11) is 0. The van der Waals surface area contributed by atoms with Crippen molar-refractivity contribution in [3.8, 4) is 5.75 Å². The maximum Gasteiger partial charge on any atom is 0.306 e.